The molecule has 1 aromatic rings. The summed E-state index contributed by atoms with van der Waals surface area (Å²) in [4.78, 5) is 2.79. The van der Waals surface area contributed by atoms with Crippen molar-refractivity contribution in [2.75, 3.05) is 20.1 Å². The average Bonchev–Trinajstić information content (AvgIpc) is 3.18. The summed E-state index contributed by atoms with van der Waals surface area (Å²) in [5.41, 5.74) is 1.77. The van der Waals surface area contributed by atoms with E-state index in [-0.39, 0.29) is 0 Å². The Hall–Kier alpha value is -0.570. The molecule has 2 aliphatic rings. The van der Waals surface area contributed by atoms with Crippen LogP contribution in [-0.4, -0.2) is 36.6 Å². The van der Waals surface area contributed by atoms with Gasteiger partial charge in [-0.15, -0.1) is 0 Å². The first-order valence-electron chi connectivity index (χ1n) is 8.41. The maximum atomic E-state index is 6.02. The van der Waals surface area contributed by atoms with Gasteiger partial charge in [-0.25, -0.2) is 0 Å². The molecule has 0 spiro atoms. The van der Waals surface area contributed by atoms with Crippen LogP contribution in [0.15, 0.2) is 24.3 Å². The minimum absolute atomic E-state index is 0.380. The van der Waals surface area contributed by atoms with Crippen LogP contribution in [0.3, 0.4) is 0 Å². The van der Waals surface area contributed by atoms with Crippen LogP contribution in [0.5, 0.6) is 0 Å². The Labute approximate surface area is 133 Å². The molecule has 1 saturated heterocycles. The molecule has 3 rings (SSSR count). The monoisotopic (exact) mass is 306 g/mol. The molecule has 1 heterocycles. The molecule has 1 aliphatic heterocycles. The largest absolute Gasteiger partial charge is 0.315 e. The van der Waals surface area contributed by atoms with Gasteiger partial charge in [0.2, 0.25) is 0 Å². The molecule has 1 aliphatic carbocycles. The third-order valence-corrected chi connectivity index (χ3v) is 5.81. The summed E-state index contributed by atoms with van der Waals surface area (Å²) in [5.74, 6) is 0. The zero-order valence-corrected chi connectivity index (χ0v) is 13.8. The number of benzene rings is 1. The third-order valence-electron chi connectivity index (χ3n) is 5.56. The first-order chi connectivity index (χ1) is 10.2. The molecular formula is C18H27ClN2. The van der Waals surface area contributed by atoms with Crippen LogP contribution in [0.1, 0.15) is 44.1 Å². The number of halogens is 1. The summed E-state index contributed by atoms with van der Waals surface area (Å²) >= 11 is 6.02. The topological polar surface area (TPSA) is 15.3 Å². The minimum Gasteiger partial charge on any atom is -0.315 e. The molecule has 0 aromatic heterocycles. The van der Waals surface area contributed by atoms with E-state index in [2.05, 4.69) is 29.4 Å². The van der Waals surface area contributed by atoms with Crippen molar-refractivity contribution in [1.82, 2.24) is 10.2 Å². The van der Waals surface area contributed by atoms with Crippen molar-refractivity contribution in [3.8, 4) is 0 Å². The second kappa shape index (κ2) is 6.68. The fourth-order valence-corrected chi connectivity index (χ4v) is 4.58. The predicted molar refractivity (Wildman–Crippen MR) is 90.0 cm³/mol. The Morgan fingerprint density at radius 3 is 2.29 bits per heavy atom. The molecule has 21 heavy (non-hydrogen) atoms. The molecule has 0 radical (unpaired) electrons. The molecule has 1 aromatic carbocycles. The summed E-state index contributed by atoms with van der Waals surface area (Å²) in [6, 6.07) is 8.93. The van der Waals surface area contributed by atoms with Crippen molar-refractivity contribution in [3.63, 3.8) is 0 Å². The highest BCUT2D eigenvalue weighted by atomic mass is 35.5. The van der Waals surface area contributed by atoms with Crippen LogP contribution in [0.25, 0.3) is 0 Å². The van der Waals surface area contributed by atoms with E-state index in [0.29, 0.717) is 11.6 Å². The predicted octanol–water partition coefficient (Wildman–Crippen LogP) is 3.88. The smallest absolute Gasteiger partial charge is 0.0406 e. The number of nitrogens with zero attached hydrogens (tertiary/aromatic N) is 1. The van der Waals surface area contributed by atoms with Crippen molar-refractivity contribution in [2.45, 2.75) is 56.5 Å². The summed E-state index contributed by atoms with van der Waals surface area (Å²) in [7, 11) is 2.14. The molecule has 2 fully saturated rings. The summed E-state index contributed by atoms with van der Waals surface area (Å²) in [6.45, 7) is 2.58. The molecule has 1 atom stereocenters. The van der Waals surface area contributed by atoms with Crippen LogP contribution in [0.2, 0.25) is 5.02 Å². The van der Waals surface area contributed by atoms with Gasteiger partial charge in [0, 0.05) is 16.6 Å². The van der Waals surface area contributed by atoms with Gasteiger partial charge in [0.15, 0.2) is 0 Å². The van der Waals surface area contributed by atoms with E-state index in [0.717, 1.165) is 11.4 Å². The van der Waals surface area contributed by atoms with Gasteiger partial charge in [-0.1, -0.05) is 36.6 Å². The first-order valence-corrected chi connectivity index (χ1v) is 8.79. The van der Waals surface area contributed by atoms with E-state index in [4.69, 9.17) is 11.6 Å². The van der Waals surface area contributed by atoms with Crippen molar-refractivity contribution < 1.29 is 0 Å². The van der Waals surface area contributed by atoms with E-state index in [1.54, 1.807) is 0 Å². The summed E-state index contributed by atoms with van der Waals surface area (Å²) in [6.07, 6.45) is 9.32. The Morgan fingerprint density at radius 1 is 1.10 bits per heavy atom. The lowest BCUT2D eigenvalue weighted by molar-refractivity contribution is 0.0798. The maximum Gasteiger partial charge on any atom is 0.0406 e. The van der Waals surface area contributed by atoms with Crippen molar-refractivity contribution >= 4 is 11.6 Å². The van der Waals surface area contributed by atoms with Gasteiger partial charge in [-0.05, 0) is 69.9 Å². The van der Waals surface area contributed by atoms with Gasteiger partial charge in [-0.3, -0.25) is 4.90 Å². The highest BCUT2D eigenvalue weighted by molar-refractivity contribution is 6.30. The van der Waals surface area contributed by atoms with E-state index >= 15 is 0 Å². The number of hydrogen-bond donors (Lipinski definition) is 1. The number of nitrogens with one attached hydrogen (secondary N) is 1. The lowest BCUT2D eigenvalue weighted by atomic mass is 9.82. The second-order valence-electron chi connectivity index (χ2n) is 6.68. The van der Waals surface area contributed by atoms with Crippen LogP contribution in [-0.2, 0) is 6.42 Å². The second-order valence-corrected chi connectivity index (χ2v) is 7.11. The molecule has 2 nitrogen and oxygen atoms in total. The van der Waals surface area contributed by atoms with Crippen LogP contribution in [0.4, 0.5) is 0 Å². The minimum atomic E-state index is 0.380. The normalized spacial score (nSPS) is 23.5. The molecule has 0 amide bonds. The molecule has 1 saturated carbocycles. The first kappa shape index (κ1) is 15.3. The van der Waals surface area contributed by atoms with Gasteiger partial charge in [-0.2, -0.15) is 0 Å². The molecule has 1 unspecified atom stereocenters. The van der Waals surface area contributed by atoms with Gasteiger partial charge in [0.1, 0.15) is 0 Å². The molecule has 0 bridgehead atoms. The lowest BCUT2D eigenvalue weighted by Gasteiger charge is -2.45. The Morgan fingerprint density at radius 2 is 1.71 bits per heavy atom. The van der Waals surface area contributed by atoms with Crippen LogP contribution < -0.4 is 5.32 Å². The van der Waals surface area contributed by atoms with Gasteiger partial charge in [0.05, 0.1) is 0 Å². The fourth-order valence-electron chi connectivity index (χ4n) is 4.45. The number of likely N-dealkylation sites (N-methyl/N-ethyl adjacent to an activating group) is 1. The zero-order valence-electron chi connectivity index (χ0n) is 13.1. The van der Waals surface area contributed by atoms with Crippen LogP contribution >= 0.6 is 11.6 Å². The third kappa shape index (κ3) is 3.13. The maximum absolute atomic E-state index is 6.02. The number of hydrogen-bond acceptors (Lipinski definition) is 2. The SMILES string of the molecule is CNC(Cc1ccc(Cl)cc1)C1(N2CCCC2)CCCC1. The van der Waals surface area contributed by atoms with Gasteiger partial charge >= 0.3 is 0 Å². The van der Waals surface area contributed by atoms with Crippen LogP contribution in [0, 0.1) is 0 Å². The quantitative estimate of drug-likeness (QED) is 0.888. The lowest BCUT2D eigenvalue weighted by Crippen LogP contribution is -2.59. The highest BCUT2D eigenvalue weighted by Gasteiger charge is 2.45. The Kier molecular flexibility index (Phi) is 4.88. The van der Waals surface area contributed by atoms with Crippen molar-refractivity contribution in [1.29, 1.82) is 0 Å². The van der Waals surface area contributed by atoms with Gasteiger partial charge < -0.3 is 5.32 Å². The summed E-state index contributed by atoms with van der Waals surface area (Å²) in [5, 5.41) is 4.48. The van der Waals surface area contributed by atoms with E-state index < -0.39 is 0 Å². The Balaban J connectivity index is 1.80. The average molecular weight is 307 g/mol. The van der Waals surface area contributed by atoms with E-state index in [1.807, 2.05) is 12.1 Å². The molecule has 1 N–H and O–H groups in total. The fraction of sp³-hybridized carbons (Fsp3) is 0.667. The molecular weight excluding hydrogens is 280 g/mol. The molecule has 116 valence electrons. The summed E-state index contributed by atoms with van der Waals surface area (Å²) < 4.78 is 0. The van der Waals surface area contributed by atoms with Crippen molar-refractivity contribution in [2.24, 2.45) is 0 Å². The van der Waals surface area contributed by atoms with E-state index in [9.17, 15) is 0 Å². The highest BCUT2D eigenvalue weighted by Crippen LogP contribution is 2.41. The number of likely N-dealkylation sites (tertiary alicyclic amines) is 1. The number of rotatable bonds is 5. The standard InChI is InChI=1S/C18H27ClN2/c1-20-17(14-15-6-8-16(19)9-7-15)18(10-2-3-11-18)21-12-4-5-13-21/h6-9,17,20H,2-5,10-14H2,1H3. The molecule has 3 heteroatoms. The van der Waals surface area contributed by atoms with Crippen molar-refractivity contribution in [3.05, 3.63) is 34.9 Å². The van der Waals surface area contributed by atoms with E-state index in [1.165, 1.54) is 57.2 Å². The van der Waals surface area contributed by atoms with Gasteiger partial charge in [0.25, 0.3) is 0 Å². The Bertz CT molecular complexity index is 445. The zero-order chi connectivity index (χ0) is 14.7.